The summed E-state index contributed by atoms with van der Waals surface area (Å²) in [7, 11) is 1.54. The van der Waals surface area contributed by atoms with Gasteiger partial charge in [0.05, 0.1) is 12.8 Å². The Morgan fingerprint density at radius 2 is 1.65 bits per heavy atom. The molecule has 2 rings (SSSR count). The number of hydrogen-bond donors (Lipinski definition) is 1. The van der Waals surface area contributed by atoms with E-state index in [1.54, 1.807) is 25.3 Å². The lowest BCUT2D eigenvalue weighted by Gasteiger charge is -2.12. The van der Waals surface area contributed by atoms with Crippen LogP contribution < -0.4 is 10.5 Å². The summed E-state index contributed by atoms with van der Waals surface area (Å²) in [4.78, 5) is 12.7. The van der Waals surface area contributed by atoms with E-state index in [-0.39, 0.29) is 5.78 Å². The Kier molecular flexibility index (Phi) is 3.79. The zero-order valence-corrected chi connectivity index (χ0v) is 12.3. The Balaban J connectivity index is 2.55. The number of anilines is 1. The van der Waals surface area contributed by atoms with Crippen molar-refractivity contribution in [3.8, 4) is 5.75 Å². The third kappa shape index (κ3) is 2.39. The van der Waals surface area contributed by atoms with Gasteiger partial charge in [-0.05, 0) is 55.7 Å². The lowest BCUT2D eigenvalue weighted by molar-refractivity contribution is 0.103. The van der Waals surface area contributed by atoms with Gasteiger partial charge in [-0.2, -0.15) is 0 Å². The Morgan fingerprint density at radius 1 is 1.00 bits per heavy atom. The minimum atomic E-state index is -0.0676. The van der Waals surface area contributed by atoms with Crippen molar-refractivity contribution in [2.45, 2.75) is 20.8 Å². The molecule has 0 unspecified atom stereocenters. The van der Waals surface area contributed by atoms with Gasteiger partial charge in [0, 0.05) is 11.1 Å². The summed E-state index contributed by atoms with van der Waals surface area (Å²) in [5.41, 5.74) is 10.8. The Bertz CT molecular complexity index is 675. The first-order valence-electron chi connectivity index (χ1n) is 6.50. The Labute approximate surface area is 119 Å². The number of nitrogen functional groups attached to an aromatic ring is 1. The van der Waals surface area contributed by atoms with Gasteiger partial charge in [0.15, 0.2) is 5.78 Å². The first-order chi connectivity index (χ1) is 9.45. The van der Waals surface area contributed by atoms with Crippen LogP contribution in [0.5, 0.6) is 5.75 Å². The van der Waals surface area contributed by atoms with E-state index in [4.69, 9.17) is 10.5 Å². The number of nitrogens with two attached hydrogens (primary N) is 1. The maximum Gasteiger partial charge on any atom is 0.195 e. The van der Waals surface area contributed by atoms with Gasteiger partial charge in [-0.1, -0.05) is 12.1 Å². The molecule has 2 N–H and O–H groups in total. The van der Waals surface area contributed by atoms with Crippen LogP contribution in [0.3, 0.4) is 0 Å². The number of ether oxygens (including phenoxy) is 1. The Morgan fingerprint density at radius 3 is 2.30 bits per heavy atom. The highest BCUT2D eigenvalue weighted by Crippen LogP contribution is 2.28. The minimum Gasteiger partial charge on any atom is -0.495 e. The molecule has 0 aromatic heterocycles. The van der Waals surface area contributed by atoms with E-state index in [1.165, 1.54) is 5.56 Å². The van der Waals surface area contributed by atoms with E-state index >= 15 is 0 Å². The summed E-state index contributed by atoms with van der Waals surface area (Å²) in [5.74, 6) is 0.458. The molecular formula is C17H19NO2. The van der Waals surface area contributed by atoms with Crippen LogP contribution in [0.1, 0.15) is 32.6 Å². The van der Waals surface area contributed by atoms with Crippen LogP contribution in [-0.2, 0) is 0 Å². The lowest BCUT2D eigenvalue weighted by Crippen LogP contribution is -2.09. The zero-order chi connectivity index (χ0) is 14.9. The molecule has 0 heterocycles. The summed E-state index contributed by atoms with van der Waals surface area (Å²) in [5, 5.41) is 0. The van der Waals surface area contributed by atoms with Crippen LogP contribution >= 0.6 is 0 Å². The van der Waals surface area contributed by atoms with Crippen molar-refractivity contribution in [3.05, 3.63) is 58.1 Å². The summed E-state index contributed by atoms with van der Waals surface area (Å²) < 4.78 is 5.17. The van der Waals surface area contributed by atoms with Gasteiger partial charge < -0.3 is 10.5 Å². The molecule has 0 aliphatic carbocycles. The number of carbonyl (C=O) groups excluding carboxylic acids is 1. The van der Waals surface area contributed by atoms with Crippen LogP contribution in [0.15, 0.2) is 30.3 Å². The van der Waals surface area contributed by atoms with Gasteiger partial charge in [0.2, 0.25) is 0 Å². The molecule has 0 fully saturated rings. The fourth-order valence-corrected chi connectivity index (χ4v) is 2.27. The van der Waals surface area contributed by atoms with Gasteiger partial charge >= 0.3 is 0 Å². The maximum atomic E-state index is 12.7. The third-order valence-electron chi connectivity index (χ3n) is 3.62. The Hall–Kier alpha value is -2.29. The van der Waals surface area contributed by atoms with Crippen molar-refractivity contribution in [2.75, 3.05) is 12.8 Å². The van der Waals surface area contributed by atoms with Crippen LogP contribution in [-0.4, -0.2) is 12.9 Å². The first kappa shape index (κ1) is 14.1. The van der Waals surface area contributed by atoms with Crippen molar-refractivity contribution in [3.63, 3.8) is 0 Å². The van der Waals surface area contributed by atoms with E-state index in [0.29, 0.717) is 22.6 Å². The molecule has 3 nitrogen and oxygen atoms in total. The van der Waals surface area contributed by atoms with E-state index in [1.807, 2.05) is 32.9 Å². The average Bonchev–Trinajstić information content (AvgIpc) is 2.42. The number of aryl methyl sites for hydroxylation is 3. The third-order valence-corrected chi connectivity index (χ3v) is 3.62. The predicted octanol–water partition coefficient (Wildman–Crippen LogP) is 3.43. The largest absolute Gasteiger partial charge is 0.495 e. The van der Waals surface area contributed by atoms with Crippen molar-refractivity contribution >= 4 is 11.5 Å². The van der Waals surface area contributed by atoms with Gasteiger partial charge in [-0.15, -0.1) is 0 Å². The molecular weight excluding hydrogens is 250 g/mol. The monoisotopic (exact) mass is 269 g/mol. The quantitative estimate of drug-likeness (QED) is 0.686. The molecule has 2 aromatic carbocycles. The molecule has 2 aromatic rings. The van der Waals surface area contributed by atoms with Crippen LogP contribution in [0.25, 0.3) is 0 Å². The summed E-state index contributed by atoms with van der Waals surface area (Å²) in [6, 6.07) is 9.21. The maximum absolute atomic E-state index is 12.7. The molecule has 20 heavy (non-hydrogen) atoms. The van der Waals surface area contributed by atoms with Crippen LogP contribution in [0.2, 0.25) is 0 Å². The highest BCUT2D eigenvalue weighted by Gasteiger charge is 2.17. The topological polar surface area (TPSA) is 52.3 Å². The molecule has 0 saturated carbocycles. The fourth-order valence-electron chi connectivity index (χ4n) is 2.27. The van der Waals surface area contributed by atoms with Gasteiger partial charge in [0.1, 0.15) is 5.75 Å². The summed E-state index contributed by atoms with van der Waals surface area (Å²) in [6.45, 7) is 5.98. The number of benzene rings is 2. The van der Waals surface area contributed by atoms with E-state index in [2.05, 4.69) is 0 Å². The molecule has 0 atom stereocenters. The highest BCUT2D eigenvalue weighted by molar-refractivity contribution is 6.13. The number of carbonyl (C=O) groups is 1. The fraction of sp³-hybridized carbons (Fsp3) is 0.235. The number of hydrogen-bond acceptors (Lipinski definition) is 3. The van der Waals surface area contributed by atoms with E-state index in [9.17, 15) is 4.79 Å². The number of rotatable bonds is 3. The summed E-state index contributed by atoms with van der Waals surface area (Å²) in [6.07, 6.45) is 0. The van der Waals surface area contributed by atoms with Crippen molar-refractivity contribution in [1.82, 2.24) is 0 Å². The molecule has 0 aliphatic rings. The molecule has 0 saturated heterocycles. The van der Waals surface area contributed by atoms with Gasteiger partial charge in [-0.25, -0.2) is 0 Å². The standard InChI is InChI=1S/C17H19NO2/c1-10-8-12(3)14(9-11(10)2)17(19)13-6-5-7-15(20-4)16(13)18/h5-9H,18H2,1-4H3. The molecule has 0 bridgehead atoms. The van der Waals surface area contributed by atoms with Crippen molar-refractivity contribution < 1.29 is 9.53 Å². The molecule has 0 spiro atoms. The van der Waals surface area contributed by atoms with E-state index < -0.39 is 0 Å². The molecule has 104 valence electrons. The second-order valence-corrected chi connectivity index (χ2v) is 5.00. The first-order valence-corrected chi connectivity index (χ1v) is 6.50. The normalized spacial score (nSPS) is 10.4. The number of ketones is 1. The van der Waals surface area contributed by atoms with Crippen molar-refractivity contribution in [2.24, 2.45) is 0 Å². The predicted molar refractivity (Wildman–Crippen MR) is 81.5 cm³/mol. The van der Waals surface area contributed by atoms with Crippen molar-refractivity contribution in [1.29, 1.82) is 0 Å². The van der Waals surface area contributed by atoms with Gasteiger partial charge in [0.25, 0.3) is 0 Å². The smallest absolute Gasteiger partial charge is 0.195 e. The van der Waals surface area contributed by atoms with E-state index in [0.717, 1.165) is 11.1 Å². The van der Waals surface area contributed by atoms with Crippen LogP contribution in [0, 0.1) is 20.8 Å². The second-order valence-electron chi connectivity index (χ2n) is 5.00. The minimum absolute atomic E-state index is 0.0676. The molecule has 0 aliphatic heterocycles. The number of para-hydroxylation sites is 1. The lowest BCUT2D eigenvalue weighted by atomic mass is 9.94. The average molecular weight is 269 g/mol. The zero-order valence-electron chi connectivity index (χ0n) is 12.3. The second kappa shape index (κ2) is 5.37. The van der Waals surface area contributed by atoms with Crippen LogP contribution in [0.4, 0.5) is 5.69 Å². The number of methoxy groups -OCH3 is 1. The molecule has 3 heteroatoms. The highest BCUT2D eigenvalue weighted by atomic mass is 16.5. The van der Waals surface area contributed by atoms with Gasteiger partial charge in [-0.3, -0.25) is 4.79 Å². The SMILES string of the molecule is COc1cccc(C(=O)c2cc(C)c(C)cc2C)c1N. The molecule has 0 amide bonds. The molecule has 0 radical (unpaired) electrons. The summed E-state index contributed by atoms with van der Waals surface area (Å²) >= 11 is 0.